The largest absolute Gasteiger partial charge is 0.350 e. The standard InChI is InChI=1S/C16H21N5O5S/c1-11-16(21(23)24)12(2)20(18-11)10-15(22)17-9-13-5-7-14(8-6-13)27(25,26)19(3)4/h5-8H,9-10H2,1-4H3,(H,17,22). The highest BCUT2D eigenvalue weighted by atomic mass is 32.2. The molecular formula is C16H21N5O5S. The quantitative estimate of drug-likeness (QED) is 0.550. The molecule has 0 aliphatic carbocycles. The molecule has 0 saturated heterocycles. The number of nitrogens with one attached hydrogen (secondary N) is 1. The van der Waals surface area contributed by atoms with Crippen LogP contribution < -0.4 is 5.32 Å². The number of amides is 1. The van der Waals surface area contributed by atoms with Crippen LogP contribution in [0.25, 0.3) is 0 Å². The summed E-state index contributed by atoms with van der Waals surface area (Å²) in [5, 5.41) is 17.7. The van der Waals surface area contributed by atoms with Crippen LogP contribution in [0.5, 0.6) is 0 Å². The van der Waals surface area contributed by atoms with Crippen LogP contribution in [0.1, 0.15) is 17.0 Å². The van der Waals surface area contributed by atoms with Crippen molar-refractivity contribution < 1.29 is 18.1 Å². The molecule has 0 spiro atoms. The average molecular weight is 395 g/mol. The zero-order chi connectivity index (χ0) is 20.4. The van der Waals surface area contributed by atoms with Gasteiger partial charge in [0.2, 0.25) is 15.9 Å². The maximum Gasteiger partial charge on any atom is 0.312 e. The normalized spacial score (nSPS) is 11.6. The van der Waals surface area contributed by atoms with Crippen LogP contribution in [-0.2, 0) is 27.9 Å². The van der Waals surface area contributed by atoms with Gasteiger partial charge in [-0.25, -0.2) is 12.7 Å². The summed E-state index contributed by atoms with van der Waals surface area (Å²) in [4.78, 5) is 22.7. The first-order chi connectivity index (χ1) is 12.5. The maximum absolute atomic E-state index is 12.1. The second-order valence-corrected chi connectivity index (χ2v) is 8.29. The number of hydrogen-bond acceptors (Lipinski definition) is 6. The van der Waals surface area contributed by atoms with E-state index in [4.69, 9.17) is 0 Å². The molecule has 0 fully saturated rings. The Hall–Kier alpha value is -2.79. The van der Waals surface area contributed by atoms with Crippen molar-refractivity contribution in [3.8, 4) is 0 Å². The molecule has 0 aliphatic rings. The Morgan fingerprint density at radius 2 is 1.85 bits per heavy atom. The van der Waals surface area contributed by atoms with Gasteiger partial charge >= 0.3 is 5.69 Å². The van der Waals surface area contributed by atoms with Gasteiger partial charge in [-0.3, -0.25) is 19.6 Å². The summed E-state index contributed by atoms with van der Waals surface area (Å²) in [6.45, 7) is 3.11. The Labute approximate surface area is 157 Å². The van der Waals surface area contributed by atoms with E-state index < -0.39 is 14.9 Å². The van der Waals surface area contributed by atoms with Gasteiger partial charge in [0, 0.05) is 20.6 Å². The van der Waals surface area contributed by atoms with Gasteiger partial charge in [0.05, 0.1) is 9.82 Å². The number of benzene rings is 1. The van der Waals surface area contributed by atoms with Gasteiger partial charge in [0.25, 0.3) is 0 Å². The molecule has 2 aromatic rings. The number of carbonyl (C=O) groups excluding carboxylic acids is 1. The van der Waals surface area contributed by atoms with Gasteiger partial charge in [0.1, 0.15) is 17.9 Å². The maximum atomic E-state index is 12.1. The van der Waals surface area contributed by atoms with Gasteiger partial charge in [-0.2, -0.15) is 5.10 Å². The van der Waals surface area contributed by atoms with E-state index in [0.717, 1.165) is 9.87 Å². The summed E-state index contributed by atoms with van der Waals surface area (Å²) in [7, 11) is -0.597. The van der Waals surface area contributed by atoms with E-state index >= 15 is 0 Å². The summed E-state index contributed by atoms with van der Waals surface area (Å²) in [6, 6.07) is 6.18. The molecule has 0 bridgehead atoms. The SMILES string of the molecule is Cc1nn(CC(=O)NCc2ccc(S(=O)(=O)N(C)C)cc2)c(C)c1[N+](=O)[O-]. The smallest absolute Gasteiger partial charge is 0.312 e. The van der Waals surface area contributed by atoms with Crippen LogP contribution in [0.2, 0.25) is 0 Å². The summed E-state index contributed by atoms with van der Waals surface area (Å²) >= 11 is 0. The zero-order valence-electron chi connectivity index (χ0n) is 15.5. The molecule has 1 heterocycles. The monoisotopic (exact) mass is 395 g/mol. The Bertz CT molecular complexity index is 964. The van der Waals surface area contributed by atoms with Crippen LogP contribution >= 0.6 is 0 Å². The highest BCUT2D eigenvalue weighted by Crippen LogP contribution is 2.21. The molecule has 11 heteroatoms. The van der Waals surface area contributed by atoms with Gasteiger partial charge in [-0.15, -0.1) is 0 Å². The minimum atomic E-state index is -3.50. The molecule has 146 valence electrons. The lowest BCUT2D eigenvalue weighted by molar-refractivity contribution is -0.386. The topological polar surface area (TPSA) is 127 Å². The van der Waals surface area contributed by atoms with E-state index in [1.54, 1.807) is 12.1 Å². The lowest BCUT2D eigenvalue weighted by Crippen LogP contribution is -2.28. The molecule has 10 nitrogen and oxygen atoms in total. The Kier molecular flexibility index (Phi) is 5.96. The van der Waals surface area contributed by atoms with Gasteiger partial charge in [-0.05, 0) is 31.5 Å². The van der Waals surface area contributed by atoms with Crippen molar-refractivity contribution in [2.24, 2.45) is 0 Å². The van der Waals surface area contributed by atoms with E-state index in [1.807, 2.05) is 0 Å². The number of carbonyl (C=O) groups is 1. The van der Waals surface area contributed by atoms with Crippen LogP contribution in [-0.4, -0.2) is 47.4 Å². The summed E-state index contributed by atoms with van der Waals surface area (Å²) in [5.41, 5.74) is 1.19. The fourth-order valence-corrected chi connectivity index (χ4v) is 3.39. The lowest BCUT2D eigenvalue weighted by atomic mass is 10.2. The number of nitrogens with zero attached hydrogens (tertiary/aromatic N) is 4. The fourth-order valence-electron chi connectivity index (χ4n) is 2.49. The summed E-state index contributed by atoms with van der Waals surface area (Å²) in [6.07, 6.45) is 0. The van der Waals surface area contributed by atoms with Crippen LogP contribution in [0.15, 0.2) is 29.2 Å². The van der Waals surface area contributed by atoms with Crippen molar-refractivity contribution in [1.29, 1.82) is 0 Å². The molecule has 1 amide bonds. The molecule has 0 saturated carbocycles. The van der Waals surface area contributed by atoms with E-state index in [1.165, 1.54) is 44.8 Å². The van der Waals surface area contributed by atoms with E-state index in [2.05, 4.69) is 10.4 Å². The molecule has 0 radical (unpaired) electrons. The second kappa shape index (κ2) is 7.84. The Morgan fingerprint density at radius 1 is 1.26 bits per heavy atom. The predicted octanol–water partition coefficient (Wildman–Crippen LogP) is 0.975. The highest BCUT2D eigenvalue weighted by molar-refractivity contribution is 7.89. The van der Waals surface area contributed by atoms with Crippen molar-refractivity contribution in [2.75, 3.05) is 14.1 Å². The van der Waals surface area contributed by atoms with Gasteiger partial charge < -0.3 is 5.32 Å². The predicted molar refractivity (Wildman–Crippen MR) is 97.5 cm³/mol. The van der Waals surface area contributed by atoms with E-state index in [9.17, 15) is 23.3 Å². The highest BCUT2D eigenvalue weighted by Gasteiger charge is 2.22. The number of rotatable bonds is 7. The minimum Gasteiger partial charge on any atom is -0.350 e. The van der Waals surface area contributed by atoms with Gasteiger partial charge in [-0.1, -0.05) is 12.1 Å². The van der Waals surface area contributed by atoms with Crippen molar-refractivity contribution in [3.05, 3.63) is 51.3 Å². The third-order valence-electron chi connectivity index (χ3n) is 4.01. The van der Waals surface area contributed by atoms with Gasteiger partial charge in [0.15, 0.2) is 0 Å². The number of hydrogen-bond donors (Lipinski definition) is 1. The molecule has 0 atom stereocenters. The molecule has 1 aromatic carbocycles. The number of nitro groups is 1. The van der Waals surface area contributed by atoms with Crippen molar-refractivity contribution >= 4 is 21.6 Å². The minimum absolute atomic E-state index is 0.0968. The lowest BCUT2D eigenvalue weighted by Gasteiger charge is -2.12. The Balaban J connectivity index is 2.00. The second-order valence-electron chi connectivity index (χ2n) is 6.14. The molecule has 27 heavy (non-hydrogen) atoms. The van der Waals surface area contributed by atoms with Crippen molar-refractivity contribution in [2.45, 2.75) is 31.8 Å². The number of aryl methyl sites for hydroxylation is 1. The van der Waals surface area contributed by atoms with E-state index in [-0.39, 0.29) is 35.3 Å². The first-order valence-electron chi connectivity index (χ1n) is 8.00. The van der Waals surface area contributed by atoms with Crippen LogP contribution in [0.3, 0.4) is 0 Å². The van der Waals surface area contributed by atoms with E-state index in [0.29, 0.717) is 5.69 Å². The molecule has 1 N–H and O–H groups in total. The third-order valence-corrected chi connectivity index (χ3v) is 5.84. The molecule has 2 rings (SSSR count). The molecule has 0 unspecified atom stereocenters. The number of sulfonamides is 1. The molecule has 1 aromatic heterocycles. The fraction of sp³-hybridized carbons (Fsp3) is 0.375. The van der Waals surface area contributed by atoms with Crippen LogP contribution in [0.4, 0.5) is 5.69 Å². The van der Waals surface area contributed by atoms with Crippen LogP contribution in [0, 0.1) is 24.0 Å². The van der Waals surface area contributed by atoms with Crippen molar-refractivity contribution in [3.63, 3.8) is 0 Å². The summed E-state index contributed by atoms with van der Waals surface area (Å²) < 4.78 is 26.5. The summed E-state index contributed by atoms with van der Waals surface area (Å²) in [5.74, 6) is -0.361. The third kappa shape index (κ3) is 4.49. The molecule has 0 aliphatic heterocycles. The van der Waals surface area contributed by atoms with Crippen molar-refractivity contribution in [1.82, 2.24) is 19.4 Å². The average Bonchev–Trinajstić information content (AvgIpc) is 2.86. The first-order valence-corrected chi connectivity index (χ1v) is 9.44. The molecular weight excluding hydrogens is 374 g/mol. The Morgan fingerprint density at radius 3 is 2.33 bits per heavy atom. The first kappa shape index (κ1) is 20.5. The zero-order valence-corrected chi connectivity index (χ0v) is 16.3. The number of aromatic nitrogens is 2.